The van der Waals surface area contributed by atoms with E-state index in [0.717, 1.165) is 48.7 Å². The van der Waals surface area contributed by atoms with Crippen LogP contribution in [0, 0.1) is 0 Å². The van der Waals surface area contributed by atoms with Gasteiger partial charge in [0.1, 0.15) is 0 Å². The van der Waals surface area contributed by atoms with Gasteiger partial charge in [-0.15, -0.1) is 0 Å². The number of hydrogen-bond donors (Lipinski definition) is 1. The first-order chi connectivity index (χ1) is 14.7. The molecule has 3 nitrogen and oxygen atoms in total. The highest BCUT2D eigenvalue weighted by Gasteiger charge is 2.19. The maximum Gasteiger partial charge on any atom is 0.226 e. The molecule has 2 rings (SSSR count). The third kappa shape index (κ3) is 8.94. The van der Waals surface area contributed by atoms with Crippen molar-refractivity contribution in [3.05, 3.63) is 66.4 Å². The maximum atomic E-state index is 12.0. The lowest BCUT2D eigenvalue weighted by Crippen LogP contribution is -2.22. The Bertz CT molecular complexity index is 809. The van der Waals surface area contributed by atoms with Crippen LogP contribution in [-0.2, 0) is 4.79 Å². The maximum absolute atomic E-state index is 12.0. The fourth-order valence-electron chi connectivity index (χ4n) is 3.69. The van der Waals surface area contributed by atoms with Crippen LogP contribution < -0.4 is 5.73 Å². The molecule has 0 saturated carbocycles. The zero-order chi connectivity index (χ0) is 21.4. The molecule has 1 aromatic carbocycles. The van der Waals surface area contributed by atoms with Gasteiger partial charge >= 0.3 is 0 Å². The number of para-hydroxylation sites is 1. The molecule has 1 heterocycles. The van der Waals surface area contributed by atoms with Crippen LogP contribution in [0.3, 0.4) is 0 Å². The van der Waals surface area contributed by atoms with Gasteiger partial charge in [-0.05, 0) is 50.7 Å². The van der Waals surface area contributed by atoms with E-state index in [1.54, 1.807) is 0 Å². The fraction of sp³-hybridized carbons (Fsp3) is 0.481. The number of aromatic nitrogens is 1. The van der Waals surface area contributed by atoms with Crippen molar-refractivity contribution in [3.8, 4) is 0 Å². The highest BCUT2D eigenvalue weighted by Crippen LogP contribution is 2.23. The smallest absolute Gasteiger partial charge is 0.226 e. The van der Waals surface area contributed by atoms with E-state index in [4.69, 9.17) is 5.73 Å². The molecular formula is C27H38N2O. The molecule has 2 aromatic rings. The Morgan fingerprint density at radius 1 is 0.900 bits per heavy atom. The van der Waals surface area contributed by atoms with Crippen LogP contribution in [0.5, 0.6) is 0 Å². The first-order valence-electron chi connectivity index (χ1n) is 11.7. The van der Waals surface area contributed by atoms with Gasteiger partial charge in [-0.2, -0.15) is 0 Å². The summed E-state index contributed by atoms with van der Waals surface area (Å²) >= 11 is 0. The van der Waals surface area contributed by atoms with E-state index in [1.165, 1.54) is 38.5 Å². The Kier molecular flexibility index (Phi) is 11.6. The number of hydrogen-bond acceptors (Lipinski definition) is 2. The number of carbonyl (C=O) groups is 1. The summed E-state index contributed by atoms with van der Waals surface area (Å²) in [6.07, 6.45) is 21.8. The summed E-state index contributed by atoms with van der Waals surface area (Å²) in [6, 6.07) is 11.9. The molecule has 0 aliphatic rings. The van der Waals surface area contributed by atoms with Gasteiger partial charge in [-0.3, -0.25) is 9.78 Å². The molecule has 1 aromatic heterocycles. The Balaban J connectivity index is 1.62. The minimum Gasteiger partial charge on any atom is -0.369 e. The van der Waals surface area contributed by atoms with Crippen molar-refractivity contribution < 1.29 is 4.79 Å². The first kappa shape index (κ1) is 23.9. The highest BCUT2D eigenvalue weighted by atomic mass is 16.1. The van der Waals surface area contributed by atoms with Gasteiger partial charge in [-0.25, -0.2) is 0 Å². The highest BCUT2D eigenvalue weighted by molar-refractivity contribution is 5.83. The Morgan fingerprint density at radius 3 is 2.33 bits per heavy atom. The Hall–Kier alpha value is -2.42. The van der Waals surface area contributed by atoms with Crippen molar-refractivity contribution in [2.24, 2.45) is 5.73 Å². The summed E-state index contributed by atoms with van der Waals surface area (Å²) in [5, 5.41) is 1.09. The molecule has 0 saturated heterocycles. The quantitative estimate of drug-likeness (QED) is 0.250. The lowest BCUT2D eigenvalue weighted by atomic mass is 9.95. The number of benzene rings is 1. The molecule has 0 fully saturated rings. The predicted octanol–water partition coefficient (Wildman–Crippen LogP) is 7.23. The van der Waals surface area contributed by atoms with Gasteiger partial charge in [0.15, 0.2) is 0 Å². The predicted molar refractivity (Wildman–Crippen MR) is 128 cm³/mol. The summed E-state index contributed by atoms with van der Waals surface area (Å²) in [4.78, 5) is 16.6. The van der Waals surface area contributed by atoms with Crippen LogP contribution in [-0.4, -0.2) is 10.9 Å². The average molecular weight is 407 g/mol. The molecule has 0 aliphatic heterocycles. The van der Waals surface area contributed by atoms with E-state index >= 15 is 0 Å². The number of nitrogens with two attached hydrogens (primary N) is 1. The van der Waals surface area contributed by atoms with Crippen LogP contribution in [0.2, 0.25) is 0 Å². The number of allylic oxidation sites excluding steroid dienone is 4. The van der Waals surface area contributed by atoms with Crippen molar-refractivity contribution in [1.29, 1.82) is 0 Å². The molecule has 1 atom stereocenters. The van der Waals surface area contributed by atoms with Crippen LogP contribution in [0.15, 0.2) is 60.7 Å². The third-order valence-corrected chi connectivity index (χ3v) is 5.51. The van der Waals surface area contributed by atoms with E-state index < -0.39 is 0 Å². The third-order valence-electron chi connectivity index (χ3n) is 5.51. The fourth-order valence-corrected chi connectivity index (χ4v) is 3.69. The molecule has 1 unspecified atom stereocenters. The molecule has 0 spiro atoms. The van der Waals surface area contributed by atoms with Crippen LogP contribution in [0.1, 0.15) is 89.2 Å². The largest absolute Gasteiger partial charge is 0.369 e. The molecule has 30 heavy (non-hydrogen) atoms. The second-order valence-corrected chi connectivity index (χ2v) is 8.05. The summed E-state index contributed by atoms with van der Waals surface area (Å²) in [6.45, 7) is 2.24. The summed E-state index contributed by atoms with van der Waals surface area (Å²) in [5.74, 6) is -0.568. The second kappa shape index (κ2) is 14.5. The topological polar surface area (TPSA) is 56.0 Å². The SMILES string of the molecule is CCCCC/C=C\C/C=C\CCCCCCC(C(N)=O)c1ccc2ccccc2n1. The number of carbonyl (C=O) groups excluding carboxylic acids is 1. The minimum absolute atomic E-state index is 0.275. The van der Waals surface area contributed by atoms with Crippen molar-refractivity contribution in [1.82, 2.24) is 4.98 Å². The molecule has 2 N–H and O–H groups in total. The van der Waals surface area contributed by atoms with Crippen molar-refractivity contribution in [2.75, 3.05) is 0 Å². The number of fused-ring (bicyclic) bond motifs is 1. The van der Waals surface area contributed by atoms with Crippen LogP contribution in [0.25, 0.3) is 10.9 Å². The standard InChI is InChI=1S/C27H38N2O/c1-2-3-4-5-6-7-8-9-10-11-12-13-14-15-19-24(27(28)30)26-22-21-23-18-16-17-20-25(23)29-26/h6-7,9-10,16-18,20-22,24H,2-5,8,11-15,19H2,1H3,(H2,28,30)/b7-6-,10-9-. The van der Waals surface area contributed by atoms with E-state index in [1.807, 2.05) is 36.4 Å². The monoisotopic (exact) mass is 406 g/mol. The van der Waals surface area contributed by atoms with E-state index in [0.29, 0.717) is 0 Å². The van der Waals surface area contributed by atoms with E-state index in [-0.39, 0.29) is 11.8 Å². The Labute approximate surface area is 182 Å². The average Bonchev–Trinajstić information content (AvgIpc) is 2.76. The summed E-state index contributed by atoms with van der Waals surface area (Å²) in [5.41, 5.74) is 7.39. The van der Waals surface area contributed by atoms with Gasteiger partial charge in [0, 0.05) is 5.39 Å². The van der Waals surface area contributed by atoms with Crippen LogP contribution >= 0.6 is 0 Å². The van der Waals surface area contributed by atoms with Crippen molar-refractivity contribution in [2.45, 2.75) is 83.5 Å². The minimum atomic E-state index is -0.293. The van der Waals surface area contributed by atoms with Gasteiger partial charge in [0.25, 0.3) is 0 Å². The number of rotatable bonds is 15. The number of unbranched alkanes of at least 4 members (excludes halogenated alkanes) is 7. The van der Waals surface area contributed by atoms with Crippen molar-refractivity contribution in [3.63, 3.8) is 0 Å². The number of primary amides is 1. The van der Waals surface area contributed by atoms with Gasteiger partial charge in [0.05, 0.1) is 17.1 Å². The zero-order valence-corrected chi connectivity index (χ0v) is 18.6. The molecule has 3 heteroatoms. The van der Waals surface area contributed by atoms with Crippen LogP contribution in [0.4, 0.5) is 0 Å². The number of nitrogens with zero attached hydrogens (tertiary/aromatic N) is 1. The van der Waals surface area contributed by atoms with Gasteiger partial charge in [-0.1, -0.05) is 87.6 Å². The number of amides is 1. The molecule has 0 aliphatic carbocycles. The molecule has 162 valence electrons. The zero-order valence-electron chi connectivity index (χ0n) is 18.6. The lowest BCUT2D eigenvalue weighted by molar-refractivity contribution is -0.119. The first-order valence-corrected chi connectivity index (χ1v) is 11.7. The van der Waals surface area contributed by atoms with Crippen molar-refractivity contribution >= 4 is 16.8 Å². The van der Waals surface area contributed by atoms with Gasteiger partial charge in [0.2, 0.25) is 5.91 Å². The van der Waals surface area contributed by atoms with E-state index in [2.05, 4.69) is 36.2 Å². The van der Waals surface area contributed by atoms with Gasteiger partial charge < -0.3 is 5.73 Å². The molecule has 1 amide bonds. The molecule has 0 bridgehead atoms. The molecule has 0 radical (unpaired) electrons. The summed E-state index contributed by atoms with van der Waals surface area (Å²) in [7, 11) is 0. The lowest BCUT2D eigenvalue weighted by Gasteiger charge is -2.13. The second-order valence-electron chi connectivity index (χ2n) is 8.05. The normalized spacial score (nSPS) is 12.8. The molecular weight excluding hydrogens is 368 g/mol. The van der Waals surface area contributed by atoms with E-state index in [9.17, 15) is 4.79 Å². The summed E-state index contributed by atoms with van der Waals surface area (Å²) < 4.78 is 0. The number of pyridine rings is 1. The Morgan fingerprint density at radius 2 is 1.60 bits per heavy atom.